The Morgan fingerprint density at radius 1 is 1.64 bits per heavy atom. The molecular formula is C9H19N3O2. The molecule has 5 heteroatoms. The Hall–Kier alpha value is -0.650. The summed E-state index contributed by atoms with van der Waals surface area (Å²) in [4.78, 5) is 12.8. The molecule has 14 heavy (non-hydrogen) atoms. The smallest absolute Gasteiger partial charge is 0.231 e. The molecule has 0 radical (unpaired) electrons. The van der Waals surface area contributed by atoms with Crippen molar-refractivity contribution in [1.29, 1.82) is 0 Å². The molecule has 1 amide bonds. The zero-order valence-corrected chi connectivity index (χ0v) is 8.73. The van der Waals surface area contributed by atoms with Crippen molar-refractivity contribution in [3.63, 3.8) is 0 Å². The van der Waals surface area contributed by atoms with E-state index in [9.17, 15) is 9.90 Å². The SMILES string of the molecule is CC(C)N(CC(N)=O)C1CNCC1O. The van der Waals surface area contributed by atoms with Gasteiger partial charge in [0.1, 0.15) is 0 Å². The number of rotatable bonds is 4. The molecule has 1 heterocycles. The van der Waals surface area contributed by atoms with Gasteiger partial charge in [0.05, 0.1) is 18.7 Å². The molecule has 1 fully saturated rings. The van der Waals surface area contributed by atoms with Crippen molar-refractivity contribution in [2.75, 3.05) is 19.6 Å². The lowest BCUT2D eigenvalue weighted by atomic mass is 10.1. The van der Waals surface area contributed by atoms with Gasteiger partial charge in [-0.05, 0) is 13.8 Å². The van der Waals surface area contributed by atoms with Gasteiger partial charge in [-0.25, -0.2) is 0 Å². The molecule has 0 bridgehead atoms. The molecule has 0 aromatic rings. The number of aliphatic hydroxyl groups excluding tert-OH is 1. The summed E-state index contributed by atoms with van der Waals surface area (Å²) in [5, 5.41) is 12.8. The van der Waals surface area contributed by atoms with Crippen LogP contribution in [-0.2, 0) is 4.79 Å². The molecule has 2 atom stereocenters. The number of carbonyl (C=O) groups excluding carboxylic acids is 1. The topological polar surface area (TPSA) is 78.6 Å². The van der Waals surface area contributed by atoms with E-state index in [0.717, 1.165) is 0 Å². The van der Waals surface area contributed by atoms with Gasteiger partial charge in [0.15, 0.2) is 0 Å². The summed E-state index contributed by atoms with van der Waals surface area (Å²) in [6, 6.07) is 0.213. The first-order valence-corrected chi connectivity index (χ1v) is 4.95. The fourth-order valence-electron chi connectivity index (χ4n) is 1.85. The van der Waals surface area contributed by atoms with E-state index in [4.69, 9.17) is 5.73 Å². The third-order valence-electron chi connectivity index (χ3n) is 2.58. The molecule has 0 saturated carbocycles. The van der Waals surface area contributed by atoms with Crippen molar-refractivity contribution >= 4 is 5.91 Å². The fraction of sp³-hybridized carbons (Fsp3) is 0.889. The van der Waals surface area contributed by atoms with Crippen LogP contribution in [0.1, 0.15) is 13.8 Å². The molecule has 2 unspecified atom stereocenters. The van der Waals surface area contributed by atoms with Gasteiger partial charge in [-0.15, -0.1) is 0 Å². The minimum atomic E-state index is -0.406. The summed E-state index contributed by atoms with van der Waals surface area (Å²) in [7, 11) is 0. The zero-order valence-electron chi connectivity index (χ0n) is 8.73. The third-order valence-corrected chi connectivity index (χ3v) is 2.58. The highest BCUT2D eigenvalue weighted by atomic mass is 16.3. The number of hydrogen-bond acceptors (Lipinski definition) is 4. The second-order valence-corrected chi connectivity index (χ2v) is 4.03. The lowest BCUT2D eigenvalue weighted by molar-refractivity contribution is -0.120. The Morgan fingerprint density at radius 2 is 2.29 bits per heavy atom. The number of nitrogens with one attached hydrogen (secondary N) is 1. The Kier molecular flexibility index (Phi) is 3.86. The second-order valence-electron chi connectivity index (χ2n) is 4.03. The predicted octanol–water partition coefficient (Wildman–Crippen LogP) is -1.49. The van der Waals surface area contributed by atoms with Crippen molar-refractivity contribution in [3.8, 4) is 0 Å². The van der Waals surface area contributed by atoms with E-state index in [1.165, 1.54) is 0 Å². The van der Waals surface area contributed by atoms with Crippen LogP contribution in [0.15, 0.2) is 0 Å². The van der Waals surface area contributed by atoms with E-state index in [1.54, 1.807) is 0 Å². The van der Waals surface area contributed by atoms with E-state index in [-0.39, 0.29) is 24.5 Å². The molecule has 0 spiro atoms. The second kappa shape index (κ2) is 4.72. The number of aliphatic hydroxyl groups is 1. The number of nitrogens with zero attached hydrogens (tertiary/aromatic N) is 1. The number of primary amides is 1. The Balaban J connectivity index is 2.61. The average Bonchev–Trinajstić information content (AvgIpc) is 2.46. The number of β-amino-alcohol motifs (C(OH)–C–C–N with tert-alkyl or cyclic N) is 1. The van der Waals surface area contributed by atoms with Crippen LogP contribution in [0.4, 0.5) is 0 Å². The minimum absolute atomic E-state index is 0.00231. The standard InChI is InChI=1S/C9H19N3O2/c1-6(2)12(5-9(10)14)7-3-11-4-8(7)13/h6-8,11,13H,3-5H2,1-2H3,(H2,10,14). The van der Waals surface area contributed by atoms with Crippen LogP contribution in [-0.4, -0.2) is 53.7 Å². The average molecular weight is 201 g/mol. The summed E-state index contributed by atoms with van der Waals surface area (Å²) in [5.41, 5.74) is 5.16. The molecule has 0 aromatic carbocycles. The molecular weight excluding hydrogens is 182 g/mol. The number of nitrogens with two attached hydrogens (primary N) is 1. The van der Waals surface area contributed by atoms with E-state index < -0.39 is 6.10 Å². The van der Waals surface area contributed by atoms with Crippen LogP contribution in [0.5, 0.6) is 0 Å². The van der Waals surface area contributed by atoms with Gasteiger partial charge in [0.2, 0.25) is 5.91 Å². The van der Waals surface area contributed by atoms with Crippen molar-refractivity contribution in [3.05, 3.63) is 0 Å². The van der Waals surface area contributed by atoms with Crippen LogP contribution in [0, 0.1) is 0 Å². The Labute approximate surface area is 84.3 Å². The third kappa shape index (κ3) is 2.67. The first-order chi connectivity index (χ1) is 6.52. The molecule has 0 aromatic heterocycles. The van der Waals surface area contributed by atoms with Gasteiger partial charge in [-0.1, -0.05) is 0 Å². The highest BCUT2D eigenvalue weighted by Crippen LogP contribution is 2.12. The molecule has 1 saturated heterocycles. The summed E-state index contributed by atoms with van der Waals surface area (Å²) in [6.45, 7) is 5.50. The number of hydrogen-bond donors (Lipinski definition) is 3. The van der Waals surface area contributed by atoms with Crippen molar-refractivity contribution < 1.29 is 9.90 Å². The highest BCUT2D eigenvalue weighted by Gasteiger charge is 2.32. The van der Waals surface area contributed by atoms with E-state index in [2.05, 4.69) is 5.32 Å². The van der Waals surface area contributed by atoms with Gasteiger partial charge >= 0.3 is 0 Å². The van der Waals surface area contributed by atoms with Crippen molar-refractivity contribution in [2.45, 2.75) is 32.0 Å². The largest absolute Gasteiger partial charge is 0.390 e. The zero-order chi connectivity index (χ0) is 10.7. The Bertz CT molecular complexity index is 208. The Morgan fingerprint density at radius 3 is 2.64 bits per heavy atom. The maximum absolute atomic E-state index is 10.9. The van der Waals surface area contributed by atoms with Crippen molar-refractivity contribution in [1.82, 2.24) is 10.2 Å². The fourth-order valence-corrected chi connectivity index (χ4v) is 1.85. The van der Waals surface area contributed by atoms with Gasteiger partial charge in [0.25, 0.3) is 0 Å². The molecule has 4 N–H and O–H groups in total. The lowest BCUT2D eigenvalue weighted by Crippen LogP contribution is -2.50. The van der Waals surface area contributed by atoms with Gasteiger partial charge < -0.3 is 16.2 Å². The predicted molar refractivity (Wildman–Crippen MR) is 53.7 cm³/mol. The molecule has 1 aliphatic rings. The van der Waals surface area contributed by atoms with Gasteiger partial charge in [-0.3, -0.25) is 9.69 Å². The number of carbonyl (C=O) groups is 1. The highest BCUT2D eigenvalue weighted by molar-refractivity contribution is 5.76. The van der Waals surface area contributed by atoms with Crippen LogP contribution >= 0.6 is 0 Å². The van der Waals surface area contributed by atoms with E-state index in [0.29, 0.717) is 13.1 Å². The summed E-state index contributed by atoms with van der Waals surface area (Å²) in [6.07, 6.45) is -0.406. The summed E-state index contributed by atoms with van der Waals surface area (Å²) in [5.74, 6) is -0.349. The lowest BCUT2D eigenvalue weighted by Gasteiger charge is -2.32. The molecule has 5 nitrogen and oxygen atoms in total. The van der Waals surface area contributed by atoms with Gasteiger partial charge in [-0.2, -0.15) is 0 Å². The minimum Gasteiger partial charge on any atom is -0.390 e. The molecule has 1 rings (SSSR count). The quantitative estimate of drug-likeness (QED) is 0.518. The van der Waals surface area contributed by atoms with Gasteiger partial charge in [0, 0.05) is 19.1 Å². The number of amides is 1. The van der Waals surface area contributed by atoms with E-state index >= 15 is 0 Å². The van der Waals surface area contributed by atoms with Crippen LogP contribution in [0.3, 0.4) is 0 Å². The first kappa shape index (κ1) is 11.4. The summed E-state index contributed by atoms with van der Waals surface area (Å²) < 4.78 is 0. The maximum atomic E-state index is 10.9. The van der Waals surface area contributed by atoms with Crippen LogP contribution in [0.2, 0.25) is 0 Å². The monoisotopic (exact) mass is 201 g/mol. The first-order valence-electron chi connectivity index (χ1n) is 4.95. The van der Waals surface area contributed by atoms with Crippen LogP contribution in [0.25, 0.3) is 0 Å². The molecule has 0 aliphatic carbocycles. The molecule has 82 valence electrons. The normalized spacial score (nSPS) is 27.5. The summed E-state index contributed by atoms with van der Waals surface area (Å²) >= 11 is 0. The van der Waals surface area contributed by atoms with E-state index in [1.807, 2.05) is 18.7 Å². The van der Waals surface area contributed by atoms with Crippen molar-refractivity contribution in [2.24, 2.45) is 5.73 Å². The maximum Gasteiger partial charge on any atom is 0.231 e. The van der Waals surface area contributed by atoms with Crippen LogP contribution < -0.4 is 11.1 Å². The molecule has 1 aliphatic heterocycles.